The van der Waals surface area contributed by atoms with Gasteiger partial charge in [-0.2, -0.15) is 0 Å². The molecule has 0 aromatic rings. The van der Waals surface area contributed by atoms with E-state index in [-0.39, 0.29) is 9.53 Å². The molecule has 0 fully saturated rings. The van der Waals surface area contributed by atoms with Gasteiger partial charge in [-0.25, -0.2) is 0 Å². The van der Waals surface area contributed by atoms with E-state index in [0.29, 0.717) is 0 Å². The average Bonchev–Trinajstić information content (AvgIpc) is 1.82. The van der Waals surface area contributed by atoms with Gasteiger partial charge >= 0.3 is 0 Å². The highest BCUT2D eigenvalue weighted by atomic mass is 127. The van der Waals surface area contributed by atoms with E-state index in [9.17, 15) is 0 Å². The highest BCUT2D eigenvalue weighted by Crippen LogP contribution is 2.32. The minimum Gasteiger partial charge on any atom is -0.495 e. The first-order valence-electron chi connectivity index (χ1n) is 4.23. The predicted molar refractivity (Wildman–Crippen MR) is 60.5 cm³/mol. The van der Waals surface area contributed by atoms with Crippen molar-refractivity contribution in [2.75, 3.05) is 0 Å². The summed E-state index contributed by atoms with van der Waals surface area (Å²) in [7, 11) is 0. The van der Waals surface area contributed by atoms with E-state index in [1.54, 1.807) is 0 Å². The van der Waals surface area contributed by atoms with Crippen molar-refractivity contribution in [3.8, 4) is 0 Å². The van der Waals surface area contributed by atoms with Crippen LogP contribution in [0.3, 0.4) is 0 Å². The Balaban J connectivity index is 2.58. The number of hydrogen-bond donors (Lipinski definition) is 0. The van der Waals surface area contributed by atoms with Crippen LogP contribution in [0.4, 0.5) is 0 Å². The van der Waals surface area contributed by atoms with E-state index in [2.05, 4.69) is 61.6 Å². The number of alkyl halides is 1. The Morgan fingerprint density at radius 3 is 2.75 bits per heavy atom. The molecule has 0 bridgehead atoms. The van der Waals surface area contributed by atoms with Gasteiger partial charge in [0.25, 0.3) is 0 Å². The second-order valence-corrected chi connectivity index (χ2v) is 6.08. The Kier molecular flexibility index (Phi) is 3.21. The molecular formula is C10H15IO. The van der Waals surface area contributed by atoms with Gasteiger partial charge in [0, 0.05) is 9.84 Å². The maximum atomic E-state index is 5.63. The van der Waals surface area contributed by atoms with Crippen LogP contribution >= 0.6 is 22.6 Å². The van der Waals surface area contributed by atoms with Crippen LogP contribution < -0.4 is 0 Å². The normalized spacial score (nSPS) is 28.9. The summed E-state index contributed by atoms with van der Waals surface area (Å²) < 4.78 is 5.86. The third-order valence-corrected chi connectivity index (χ3v) is 2.37. The van der Waals surface area contributed by atoms with Crippen molar-refractivity contribution in [2.45, 2.75) is 36.7 Å². The molecule has 0 saturated heterocycles. The number of rotatable bonds is 2. The van der Waals surface area contributed by atoms with Crippen molar-refractivity contribution in [1.82, 2.24) is 0 Å². The first-order chi connectivity index (χ1) is 5.49. The summed E-state index contributed by atoms with van der Waals surface area (Å²) in [6.45, 7) is 6.33. The van der Waals surface area contributed by atoms with Gasteiger partial charge in [0.2, 0.25) is 0 Å². The molecule has 0 heterocycles. The molecule has 0 N–H and O–H groups in total. The van der Waals surface area contributed by atoms with Gasteiger partial charge < -0.3 is 4.74 Å². The molecule has 0 saturated carbocycles. The van der Waals surface area contributed by atoms with Gasteiger partial charge in [0.15, 0.2) is 0 Å². The SMILES string of the molecule is CC(C)OC1=CC=C[C@@](C)(I)C1. The topological polar surface area (TPSA) is 9.23 Å². The van der Waals surface area contributed by atoms with Crippen molar-refractivity contribution < 1.29 is 4.74 Å². The summed E-state index contributed by atoms with van der Waals surface area (Å²) in [5.74, 6) is 1.10. The van der Waals surface area contributed by atoms with Crippen LogP contribution in [0.5, 0.6) is 0 Å². The zero-order chi connectivity index (χ0) is 9.19. The van der Waals surface area contributed by atoms with Gasteiger partial charge in [-0.05, 0) is 26.8 Å². The standard InChI is InChI=1S/C10H15IO/c1-8(2)12-9-5-4-6-10(3,11)7-9/h4-6,8H,7H2,1-3H3/t10-/m1/s1. The van der Waals surface area contributed by atoms with E-state index >= 15 is 0 Å². The Morgan fingerprint density at radius 1 is 1.58 bits per heavy atom. The summed E-state index contributed by atoms with van der Waals surface area (Å²) >= 11 is 2.45. The molecule has 0 aliphatic heterocycles. The van der Waals surface area contributed by atoms with E-state index in [1.165, 1.54) is 0 Å². The number of ether oxygens (including phenoxy) is 1. The Hall–Kier alpha value is 0.01000. The molecule has 1 rings (SSSR count). The van der Waals surface area contributed by atoms with Crippen LogP contribution in [0.25, 0.3) is 0 Å². The molecule has 0 amide bonds. The average molecular weight is 278 g/mol. The molecule has 68 valence electrons. The second kappa shape index (κ2) is 3.81. The molecule has 0 aromatic carbocycles. The van der Waals surface area contributed by atoms with Crippen molar-refractivity contribution >= 4 is 22.6 Å². The predicted octanol–water partition coefficient (Wildman–Crippen LogP) is 3.45. The minimum absolute atomic E-state index is 0.233. The number of allylic oxidation sites excluding steroid dienone is 4. The van der Waals surface area contributed by atoms with Crippen LogP contribution in [0.1, 0.15) is 27.2 Å². The third kappa shape index (κ3) is 3.17. The zero-order valence-electron chi connectivity index (χ0n) is 7.80. The third-order valence-electron chi connectivity index (χ3n) is 1.63. The van der Waals surface area contributed by atoms with Gasteiger partial charge in [0.05, 0.1) is 11.9 Å². The lowest BCUT2D eigenvalue weighted by Gasteiger charge is -2.24. The molecule has 12 heavy (non-hydrogen) atoms. The summed E-state index contributed by atoms with van der Waals surface area (Å²) in [5.41, 5.74) is 0. The number of hydrogen-bond acceptors (Lipinski definition) is 1. The van der Waals surface area contributed by atoms with E-state index in [0.717, 1.165) is 12.2 Å². The van der Waals surface area contributed by atoms with Crippen molar-refractivity contribution in [3.05, 3.63) is 24.0 Å². The first-order valence-corrected chi connectivity index (χ1v) is 5.31. The highest BCUT2D eigenvalue weighted by molar-refractivity contribution is 14.1. The summed E-state index contributed by atoms with van der Waals surface area (Å²) in [4.78, 5) is 0. The van der Waals surface area contributed by atoms with Crippen molar-refractivity contribution in [3.63, 3.8) is 0 Å². The van der Waals surface area contributed by atoms with E-state index in [4.69, 9.17) is 4.74 Å². The minimum atomic E-state index is 0.233. The molecule has 2 heteroatoms. The van der Waals surface area contributed by atoms with Gasteiger partial charge in [-0.3, -0.25) is 0 Å². The van der Waals surface area contributed by atoms with E-state index < -0.39 is 0 Å². The monoisotopic (exact) mass is 278 g/mol. The Labute approximate surface area is 88.0 Å². The van der Waals surface area contributed by atoms with Crippen LogP contribution in [-0.4, -0.2) is 9.53 Å². The van der Waals surface area contributed by atoms with Crippen LogP contribution in [0.2, 0.25) is 0 Å². The Bertz CT molecular complexity index is 214. The molecule has 0 spiro atoms. The van der Waals surface area contributed by atoms with Gasteiger partial charge in [-0.1, -0.05) is 34.7 Å². The van der Waals surface area contributed by atoms with Crippen molar-refractivity contribution in [2.24, 2.45) is 0 Å². The summed E-state index contributed by atoms with van der Waals surface area (Å²) in [5, 5.41) is 0. The maximum absolute atomic E-state index is 5.63. The lowest BCUT2D eigenvalue weighted by Crippen LogP contribution is -2.17. The quantitative estimate of drug-likeness (QED) is 0.555. The fraction of sp³-hybridized carbons (Fsp3) is 0.600. The fourth-order valence-corrected chi connectivity index (χ4v) is 1.78. The molecular weight excluding hydrogens is 263 g/mol. The summed E-state index contributed by atoms with van der Waals surface area (Å²) in [6.07, 6.45) is 7.63. The smallest absolute Gasteiger partial charge is 0.0979 e. The summed E-state index contributed by atoms with van der Waals surface area (Å²) in [6, 6.07) is 0. The molecule has 0 aromatic heterocycles. The molecule has 1 aliphatic rings. The fourth-order valence-electron chi connectivity index (χ4n) is 1.20. The maximum Gasteiger partial charge on any atom is 0.0979 e. The number of halogens is 1. The van der Waals surface area contributed by atoms with Crippen LogP contribution in [0.15, 0.2) is 24.0 Å². The second-order valence-electron chi connectivity index (χ2n) is 3.61. The lowest BCUT2D eigenvalue weighted by atomic mass is 10.0. The Morgan fingerprint density at radius 2 is 2.25 bits per heavy atom. The van der Waals surface area contributed by atoms with Crippen LogP contribution in [0, 0.1) is 0 Å². The van der Waals surface area contributed by atoms with Gasteiger partial charge in [0.1, 0.15) is 0 Å². The molecule has 0 radical (unpaired) electrons. The first kappa shape index (κ1) is 10.1. The van der Waals surface area contributed by atoms with Gasteiger partial charge in [-0.15, -0.1) is 0 Å². The zero-order valence-corrected chi connectivity index (χ0v) is 9.96. The highest BCUT2D eigenvalue weighted by Gasteiger charge is 2.21. The van der Waals surface area contributed by atoms with Crippen molar-refractivity contribution in [1.29, 1.82) is 0 Å². The molecule has 0 unspecified atom stereocenters. The largest absolute Gasteiger partial charge is 0.495 e. The molecule has 1 aliphatic carbocycles. The van der Waals surface area contributed by atoms with E-state index in [1.807, 2.05) is 0 Å². The van der Waals surface area contributed by atoms with Crippen LogP contribution in [-0.2, 0) is 4.74 Å². The molecule has 1 nitrogen and oxygen atoms in total. The lowest BCUT2D eigenvalue weighted by molar-refractivity contribution is 0.137. The molecule has 1 atom stereocenters.